The Hall–Kier alpha value is -0.0300. The highest BCUT2D eigenvalue weighted by atomic mass is 32.2. The Kier molecular flexibility index (Phi) is 4.80. The molecule has 3 atom stereocenters. The Bertz CT molecular complexity index is 175. The second-order valence-electron chi connectivity index (χ2n) is 3.13. The molecular weight excluding hydrogens is 186 g/mol. The molecule has 0 spiro atoms. The van der Waals surface area contributed by atoms with Gasteiger partial charge in [-0.15, -0.1) is 0 Å². The standard InChI is InChI=1S/C9H17NO2S/c1-13-8-4-3-7(12)9(8)10-5-2-6-11/h3-4,7-12H,2,5-6H2,1H3/t7-,8+,9+/m0/s1. The largest absolute Gasteiger partial charge is 0.396 e. The van der Waals surface area contributed by atoms with Crippen molar-refractivity contribution in [3.05, 3.63) is 12.2 Å². The van der Waals surface area contributed by atoms with E-state index < -0.39 is 0 Å². The summed E-state index contributed by atoms with van der Waals surface area (Å²) in [5, 5.41) is 21.8. The lowest BCUT2D eigenvalue weighted by Gasteiger charge is -2.22. The molecule has 0 radical (unpaired) electrons. The molecule has 0 amide bonds. The molecule has 3 nitrogen and oxygen atoms in total. The minimum absolute atomic E-state index is 0.113. The molecule has 0 aliphatic heterocycles. The molecule has 0 aromatic rings. The second kappa shape index (κ2) is 5.65. The van der Waals surface area contributed by atoms with Crippen LogP contribution in [0, 0.1) is 0 Å². The van der Waals surface area contributed by atoms with Crippen LogP contribution < -0.4 is 5.32 Å². The van der Waals surface area contributed by atoms with Crippen molar-refractivity contribution in [3.63, 3.8) is 0 Å². The summed E-state index contributed by atoms with van der Waals surface area (Å²) in [7, 11) is 0. The van der Waals surface area contributed by atoms with Gasteiger partial charge in [0.2, 0.25) is 0 Å². The molecule has 0 unspecified atom stereocenters. The maximum absolute atomic E-state index is 9.56. The lowest BCUT2D eigenvalue weighted by molar-refractivity contribution is 0.181. The summed E-state index contributed by atoms with van der Waals surface area (Å²) < 4.78 is 0. The van der Waals surface area contributed by atoms with E-state index in [2.05, 4.69) is 5.32 Å². The molecule has 13 heavy (non-hydrogen) atoms. The van der Waals surface area contributed by atoms with Crippen LogP contribution in [0.1, 0.15) is 6.42 Å². The van der Waals surface area contributed by atoms with Crippen LogP contribution in [0.3, 0.4) is 0 Å². The summed E-state index contributed by atoms with van der Waals surface area (Å²) in [5.41, 5.74) is 0. The van der Waals surface area contributed by atoms with Crippen LogP contribution in [-0.2, 0) is 0 Å². The summed E-state index contributed by atoms with van der Waals surface area (Å²) in [6, 6.07) is 0.113. The monoisotopic (exact) mass is 203 g/mol. The van der Waals surface area contributed by atoms with Crippen LogP contribution in [0.4, 0.5) is 0 Å². The van der Waals surface area contributed by atoms with Crippen LogP contribution >= 0.6 is 11.8 Å². The minimum Gasteiger partial charge on any atom is -0.396 e. The maximum atomic E-state index is 9.56. The average Bonchev–Trinajstić information content (AvgIpc) is 2.48. The molecule has 0 aromatic heterocycles. The van der Waals surface area contributed by atoms with E-state index in [1.807, 2.05) is 18.4 Å². The number of nitrogens with one attached hydrogen (secondary N) is 1. The molecule has 0 heterocycles. The van der Waals surface area contributed by atoms with Gasteiger partial charge in [0, 0.05) is 11.9 Å². The zero-order valence-corrected chi connectivity index (χ0v) is 8.63. The molecule has 76 valence electrons. The van der Waals surface area contributed by atoms with E-state index in [-0.39, 0.29) is 18.8 Å². The van der Waals surface area contributed by atoms with E-state index in [1.165, 1.54) is 0 Å². The van der Waals surface area contributed by atoms with Gasteiger partial charge in [0.05, 0.1) is 12.1 Å². The highest BCUT2D eigenvalue weighted by Crippen LogP contribution is 2.22. The van der Waals surface area contributed by atoms with E-state index in [4.69, 9.17) is 5.11 Å². The molecule has 4 heteroatoms. The predicted octanol–water partition coefficient (Wildman–Crippen LogP) is -0.0107. The van der Waals surface area contributed by atoms with Crippen molar-refractivity contribution in [1.82, 2.24) is 5.32 Å². The third kappa shape index (κ3) is 2.98. The van der Waals surface area contributed by atoms with Crippen LogP contribution in [0.15, 0.2) is 12.2 Å². The van der Waals surface area contributed by atoms with Crippen molar-refractivity contribution >= 4 is 11.8 Å². The van der Waals surface area contributed by atoms with Gasteiger partial charge in [-0.25, -0.2) is 0 Å². The molecule has 1 aliphatic rings. The fraction of sp³-hybridized carbons (Fsp3) is 0.778. The first kappa shape index (κ1) is 11.0. The summed E-state index contributed by atoms with van der Waals surface area (Å²) >= 11 is 1.73. The van der Waals surface area contributed by atoms with Gasteiger partial charge in [-0.3, -0.25) is 0 Å². The third-order valence-electron chi connectivity index (χ3n) is 2.21. The lowest BCUT2D eigenvalue weighted by atomic mass is 10.2. The fourth-order valence-electron chi connectivity index (χ4n) is 1.47. The van der Waals surface area contributed by atoms with E-state index in [0.717, 1.165) is 13.0 Å². The summed E-state index contributed by atoms with van der Waals surface area (Å²) in [5.74, 6) is 0. The first-order chi connectivity index (χ1) is 6.29. The van der Waals surface area contributed by atoms with Crippen LogP contribution in [0.2, 0.25) is 0 Å². The molecule has 0 saturated heterocycles. The van der Waals surface area contributed by atoms with Crippen molar-refractivity contribution in [3.8, 4) is 0 Å². The van der Waals surface area contributed by atoms with Gasteiger partial charge >= 0.3 is 0 Å². The molecular formula is C9H17NO2S. The van der Waals surface area contributed by atoms with Crippen molar-refractivity contribution < 1.29 is 10.2 Å². The molecule has 3 N–H and O–H groups in total. The predicted molar refractivity (Wildman–Crippen MR) is 55.9 cm³/mol. The van der Waals surface area contributed by atoms with Crippen LogP contribution in [-0.4, -0.2) is 47.0 Å². The topological polar surface area (TPSA) is 52.5 Å². The SMILES string of the molecule is CS[C@@H]1C=C[C@H](O)[C@H]1NCCCO. The first-order valence-corrected chi connectivity index (χ1v) is 5.82. The number of rotatable bonds is 5. The van der Waals surface area contributed by atoms with E-state index in [1.54, 1.807) is 11.8 Å². The number of thioether (sulfide) groups is 1. The fourth-order valence-corrected chi connectivity index (χ4v) is 2.27. The Labute approximate surface area is 83.2 Å². The third-order valence-corrected chi connectivity index (χ3v) is 3.20. The zero-order valence-electron chi connectivity index (χ0n) is 7.81. The Balaban J connectivity index is 2.30. The van der Waals surface area contributed by atoms with Gasteiger partial charge in [0.25, 0.3) is 0 Å². The van der Waals surface area contributed by atoms with Gasteiger partial charge in [-0.05, 0) is 19.2 Å². The number of hydrogen-bond donors (Lipinski definition) is 3. The minimum atomic E-state index is -0.379. The van der Waals surface area contributed by atoms with Crippen LogP contribution in [0.5, 0.6) is 0 Å². The number of hydrogen-bond acceptors (Lipinski definition) is 4. The summed E-state index contributed by atoms with van der Waals surface area (Å²) in [4.78, 5) is 0. The zero-order chi connectivity index (χ0) is 9.68. The Morgan fingerprint density at radius 2 is 2.23 bits per heavy atom. The molecule has 0 bridgehead atoms. The van der Waals surface area contributed by atoms with Gasteiger partial charge in [0.15, 0.2) is 0 Å². The quantitative estimate of drug-likeness (QED) is 0.434. The van der Waals surface area contributed by atoms with Gasteiger partial charge in [0.1, 0.15) is 0 Å². The maximum Gasteiger partial charge on any atom is 0.0888 e. The number of aliphatic hydroxyl groups excluding tert-OH is 2. The van der Waals surface area contributed by atoms with E-state index in [0.29, 0.717) is 5.25 Å². The highest BCUT2D eigenvalue weighted by molar-refractivity contribution is 7.99. The summed E-state index contributed by atoms with van der Waals surface area (Å²) in [6.07, 6.45) is 6.26. The van der Waals surface area contributed by atoms with Crippen LogP contribution in [0.25, 0.3) is 0 Å². The van der Waals surface area contributed by atoms with E-state index in [9.17, 15) is 5.11 Å². The van der Waals surface area contributed by atoms with Gasteiger partial charge in [-0.1, -0.05) is 12.2 Å². The van der Waals surface area contributed by atoms with Gasteiger partial charge < -0.3 is 15.5 Å². The van der Waals surface area contributed by atoms with Crippen molar-refractivity contribution in [2.75, 3.05) is 19.4 Å². The normalized spacial score (nSPS) is 32.7. The second-order valence-corrected chi connectivity index (χ2v) is 4.15. The molecule has 1 rings (SSSR count). The molecule has 0 saturated carbocycles. The van der Waals surface area contributed by atoms with Crippen molar-refractivity contribution in [1.29, 1.82) is 0 Å². The number of aliphatic hydroxyl groups is 2. The van der Waals surface area contributed by atoms with Crippen molar-refractivity contribution in [2.45, 2.75) is 23.8 Å². The smallest absolute Gasteiger partial charge is 0.0888 e. The molecule has 1 aliphatic carbocycles. The Morgan fingerprint density at radius 1 is 1.46 bits per heavy atom. The molecule has 0 aromatic carbocycles. The Morgan fingerprint density at radius 3 is 2.85 bits per heavy atom. The van der Waals surface area contributed by atoms with E-state index >= 15 is 0 Å². The first-order valence-electron chi connectivity index (χ1n) is 4.53. The average molecular weight is 203 g/mol. The molecule has 0 fully saturated rings. The summed E-state index contributed by atoms with van der Waals surface area (Å²) in [6.45, 7) is 0.962. The highest BCUT2D eigenvalue weighted by Gasteiger charge is 2.28. The van der Waals surface area contributed by atoms with Gasteiger partial charge in [-0.2, -0.15) is 11.8 Å². The lowest BCUT2D eigenvalue weighted by Crippen LogP contribution is -2.43. The van der Waals surface area contributed by atoms with Crippen molar-refractivity contribution in [2.24, 2.45) is 0 Å².